The molecule has 1 N–H and O–H groups in total. The molecule has 2 rings (SSSR count). The minimum absolute atomic E-state index is 0.113. The number of rotatable bonds is 8. The molecule has 0 saturated heterocycles. The van der Waals surface area contributed by atoms with E-state index in [-0.39, 0.29) is 11.9 Å². The first-order valence-corrected chi connectivity index (χ1v) is 8.08. The highest BCUT2D eigenvalue weighted by molar-refractivity contribution is 5.76. The van der Waals surface area contributed by atoms with Crippen LogP contribution in [-0.4, -0.2) is 28.8 Å². The van der Waals surface area contributed by atoms with E-state index in [9.17, 15) is 4.79 Å². The van der Waals surface area contributed by atoms with Gasteiger partial charge in [0, 0.05) is 30.8 Å². The molecule has 0 aliphatic carbocycles. The van der Waals surface area contributed by atoms with Crippen molar-refractivity contribution in [2.75, 3.05) is 7.11 Å². The number of hydrogen-bond acceptors (Lipinski definition) is 3. The topological polar surface area (TPSA) is 56.2 Å². The zero-order chi connectivity index (χ0) is 16.7. The smallest absolute Gasteiger partial charge is 0.220 e. The van der Waals surface area contributed by atoms with Gasteiger partial charge in [-0.25, -0.2) is 0 Å². The first-order valence-electron chi connectivity index (χ1n) is 8.08. The second-order valence-corrected chi connectivity index (χ2v) is 5.70. The Morgan fingerprint density at radius 2 is 2.04 bits per heavy atom. The summed E-state index contributed by atoms with van der Waals surface area (Å²) in [6, 6.07) is 8.14. The fraction of sp³-hybridized carbons (Fsp3) is 0.444. The zero-order valence-electron chi connectivity index (χ0n) is 14.1. The van der Waals surface area contributed by atoms with Gasteiger partial charge in [0.05, 0.1) is 13.3 Å². The molecule has 1 unspecified atom stereocenters. The maximum Gasteiger partial charge on any atom is 0.220 e. The largest absolute Gasteiger partial charge is 0.497 e. The Kier molecular flexibility index (Phi) is 6.20. The number of nitrogens with one attached hydrogen (secondary N) is 1. The highest BCUT2D eigenvalue weighted by Crippen LogP contribution is 2.21. The van der Waals surface area contributed by atoms with Crippen LogP contribution in [0.3, 0.4) is 0 Å². The SMILES string of the molecule is CCC(C)NC(=O)CCCn1cc(-c2ccc(OC)cc2)cn1. The van der Waals surface area contributed by atoms with Crippen LogP contribution in [0.4, 0.5) is 0 Å². The van der Waals surface area contributed by atoms with Crippen molar-refractivity contribution >= 4 is 5.91 Å². The van der Waals surface area contributed by atoms with Crippen LogP contribution in [0.25, 0.3) is 11.1 Å². The zero-order valence-corrected chi connectivity index (χ0v) is 14.1. The van der Waals surface area contributed by atoms with Crippen molar-refractivity contribution in [3.63, 3.8) is 0 Å². The Bertz CT molecular complexity index is 619. The van der Waals surface area contributed by atoms with Crippen molar-refractivity contribution in [1.29, 1.82) is 0 Å². The normalized spacial score (nSPS) is 12.0. The number of amides is 1. The third-order valence-corrected chi connectivity index (χ3v) is 3.87. The van der Waals surface area contributed by atoms with Gasteiger partial charge in [0.15, 0.2) is 0 Å². The monoisotopic (exact) mass is 315 g/mol. The average Bonchev–Trinajstić information content (AvgIpc) is 3.03. The van der Waals surface area contributed by atoms with Crippen LogP contribution in [0.2, 0.25) is 0 Å². The molecule has 5 nitrogen and oxygen atoms in total. The summed E-state index contributed by atoms with van der Waals surface area (Å²) in [6.45, 7) is 4.83. The fourth-order valence-corrected chi connectivity index (χ4v) is 2.27. The molecule has 1 aromatic heterocycles. The lowest BCUT2D eigenvalue weighted by Crippen LogP contribution is -2.31. The molecule has 1 aromatic carbocycles. The molecule has 23 heavy (non-hydrogen) atoms. The van der Waals surface area contributed by atoms with Gasteiger partial charge >= 0.3 is 0 Å². The van der Waals surface area contributed by atoms with Crippen LogP contribution < -0.4 is 10.1 Å². The highest BCUT2D eigenvalue weighted by Gasteiger charge is 2.06. The van der Waals surface area contributed by atoms with Gasteiger partial charge in [0.1, 0.15) is 5.75 Å². The van der Waals surface area contributed by atoms with Crippen LogP contribution in [0.15, 0.2) is 36.7 Å². The fourth-order valence-electron chi connectivity index (χ4n) is 2.27. The van der Waals surface area contributed by atoms with E-state index in [4.69, 9.17) is 4.74 Å². The minimum Gasteiger partial charge on any atom is -0.497 e. The van der Waals surface area contributed by atoms with Crippen LogP contribution in [-0.2, 0) is 11.3 Å². The number of nitrogens with zero attached hydrogens (tertiary/aromatic N) is 2. The Balaban J connectivity index is 1.83. The Morgan fingerprint density at radius 1 is 1.30 bits per heavy atom. The predicted molar refractivity (Wildman–Crippen MR) is 91.3 cm³/mol. The lowest BCUT2D eigenvalue weighted by Gasteiger charge is -2.10. The van der Waals surface area contributed by atoms with E-state index in [1.807, 2.05) is 48.3 Å². The van der Waals surface area contributed by atoms with E-state index in [2.05, 4.69) is 17.3 Å². The molecule has 0 aliphatic heterocycles. The predicted octanol–water partition coefficient (Wildman–Crippen LogP) is 3.25. The molecule has 0 saturated carbocycles. The molecule has 1 atom stereocenters. The van der Waals surface area contributed by atoms with Gasteiger partial charge in [-0.2, -0.15) is 5.10 Å². The Morgan fingerprint density at radius 3 is 2.70 bits per heavy atom. The van der Waals surface area contributed by atoms with E-state index in [0.29, 0.717) is 6.42 Å². The summed E-state index contributed by atoms with van der Waals surface area (Å²) < 4.78 is 7.05. The molecule has 1 heterocycles. The molecule has 0 fully saturated rings. The third kappa shape index (κ3) is 5.13. The Hall–Kier alpha value is -2.30. The lowest BCUT2D eigenvalue weighted by molar-refractivity contribution is -0.121. The number of hydrogen-bond donors (Lipinski definition) is 1. The summed E-state index contributed by atoms with van der Waals surface area (Å²) in [5, 5.41) is 7.34. The number of methoxy groups -OCH3 is 1. The van der Waals surface area contributed by atoms with Gasteiger partial charge in [-0.1, -0.05) is 19.1 Å². The molecule has 2 aromatic rings. The first kappa shape index (κ1) is 17.1. The third-order valence-electron chi connectivity index (χ3n) is 3.87. The van der Waals surface area contributed by atoms with Gasteiger partial charge in [0.25, 0.3) is 0 Å². The van der Waals surface area contributed by atoms with Crippen molar-refractivity contribution in [1.82, 2.24) is 15.1 Å². The van der Waals surface area contributed by atoms with Gasteiger partial charge < -0.3 is 10.1 Å². The second kappa shape index (κ2) is 8.36. The quantitative estimate of drug-likeness (QED) is 0.813. The molecule has 0 bridgehead atoms. The number of ether oxygens (including phenoxy) is 1. The van der Waals surface area contributed by atoms with Crippen LogP contribution in [0, 0.1) is 0 Å². The van der Waals surface area contributed by atoms with E-state index in [1.54, 1.807) is 7.11 Å². The van der Waals surface area contributed by atoms with Gasteiger partial charge in [-0.15, -0.1) is 0 Å². The van der Waals surface area contributed by atoms with Crippen LogP contribution in [0.1, 0.15) is 33.1 Å². The van der Waals surface area contributed by atoms with Crippen molar-refractivity contribution in [2.45, 2.75) is 45.7 Å². The summed E-state index contributed by atoms with van der Waals surface area (Å²) in [7, 11) is 1.66. The average molecular weight is 315 g/mol. The van der Waals surface area contributed by atoms with Crippen LogP contribution in [0.5, 0.6) is 5.75 Å². The van der Waals surface area contributed by atoms with Gasteiger partial charge in [0.2, 0.25) is 5.91 Å². The Labute approximate surface area is 137 Å². The number of aryl methyl sites for hydroxylation is 1. The molecular weight excluding hydrogens is 290 g/mol. The van der Waals surface area contributed by atoms with Crippen LogP contribution >= 0.6 is 0 Å². The van der Waals surface area contributed by atoms with Crippen molar-refractivity contribution in [3.05, 3.63) is 36.7 Å². The number of carbonyl (C=O) groups excluding carboxylic acids is 1. The molecule has 1 amide bonds. The number of benzene rings is 1. The summed E-state index contributed by atoms with van der Waals surface area (Å²) in [6.07, 6.45) is 6.12. The number of aromatic nitrogens is 2. The molecule has 0 aliphatic rings. The molecule has 124 valence electrons. The summed E-state index contributed by atoms with van der Waals surface area (Å²) in [5.41, 5.74) is 2.17. The number of carbonyl (C=O) groups is 1. The van der Waals surface area contributed by atoms with Crippen molar-refractivity contribution < 1.29 is 9.53 Å². The molecular formula is C18H25N3O2. The van der Waals surface area contributed by atoms with Crippen molar-refractivity contribution in [2.24, 2.45) is 0 Å². The van der Waals surface area contributed by atoms with Crippen molar-refractivity contribution in [3.8, 4) is 16.9 Å². The second-order valence-electron chi connectivity index (χ2n) is 5.70. The molecule has 0 spiro atoms. The summed E-state index contributed by atoms with van der Waals surface area (Å²) in [5.74, 6) is 0.954. The molecule has 0 radical (unpaired) electrons. The van der Waals surface area contributed by atoms with E-state index in [0.717, 1.165) is 36.3 Å². The maximum atomic E-state index is 11.7. The highest BCUT2D eigenvalue weighted by atomic mass is 16.5. The van der Waals surface area contributed by atoms with E-state index >= 15 is 0 Å². The lowest BCUT2D eigenvalue weighted by atomic mass is 10.1. The molecule has 5 heteroatoms. The van der Waals surface area contributed by atoms with Gasteiger partial charge in [-0.05, 0) is 37.5 Å². The minimum atomic E-state index is 0.113. The standard InChI is InChI=1S/C18H25N3O2/c1-4-14(2)20-18(22)6-5-11-21-13-16(12-19-21)15-7-9-17(23-3)10-8-15/h7-10,12-14H,4-6,11H2,1-3H3,(H,20,22). The van der Waals surface area contributed by atoms with E-state index in [1.165, 1.54) is 0 Å². The first-order chi connectivity index (χ1) is 11.1. The summed E-state index contributed by atoms with van der Waals surface area (Å²) >= 11 is 0. The summed E-state index contributed by atoms with van der Waals surface area (Å²) in [4.78, 5) is 11.7. The van der Waals surface area contributed by atoms with E-state index < -0.39 is 0 Å². The van der Waals surface area contributed by atoms with Gasteiger partial charge in [-0.3, -0.25) is 9.48 Å². The maximum absolute atomic E-state index is 11.7.